The molecule has 2 N–H and O–H groups in total. The minimum absolute atomic E-state index is 0.153. The van der Waals surface area contributed by atoms with E-state index >= 15 is 0 Å². The van der Waals surface area contributed by atoms with Crippen molar-refractivity contribution in [3.63, 3.8) is 0 Å². The lowest BCUT2D eigenvalue weighted by Gasteiger charge is -2.35. The molecule has 2 saturated heterocycles. The first-order valence-corrected chi connectivity index (χ1v) is 15.9. The fourth-order valence-corrected chi connectivity index (χ4v) is 6.11. The van der Waals surface area contributed by atoms with Crippen LogP contribution in [0, 0.1) is 5.92 Å². The summed E-state index contributed by atoms with van der Waals surface area (Å²) in [6.07, 6.45) is 3.34. The predicted octanol–water partition coefficient (Wildman–Crippen LogP) is 5.41. The van der Waals surface area contributed by atoms with Crippen molar-refractivity contribution < 1.29 is 24.2 Å². The fraction of sp³-hybridized carbons (Fsp3) is 0.438. The van der Waals surface area contributed by atoms with Crippen molar-refractivity contribution in [3.8, 4) is 22.9 Å². The number of ether oxygens (including phenoxy) is 2. The van der Waals surface area contributed by atoms with Crippen molar-refractivity contribution in [1.82, 2.24) is 25.1 Å². The van der Waals surface area contributed by atoms with Crippen LogP contribution in [-0.2, 0) is 16.1 Å². The summed E-state index contributed by atoms with van der Waals surface area (Å²) < 4.78 is 11.5. The van der Waals surface area contributed by atoms with Crippen molar-refractivity contribution in [1.29, 1.82) is 0 Å². The number of carbonyl (C=O) groups is 2. The monoisotopic (exact) mass is 656 g/mol. The third kappa shape index (κ3) is 9.67. The number of amides is 1. The van der Waals surface area contributed by atoms with E-state index in [1.807, 2.05) is 36.4 Å². The van der Waals surface area contributed by atoms with Crippen molar-refractivity contribution >= 4 is 41.1 Å². The van der Waals surface area contributed by atoms with Gasteiger partial charge in [0, 0.05) is 68.0 Å². The maximum absolute atomic E-state index is 11.5. The fourth-order valence-electron chi connectivity index (χ4n) is 5.58. The van der Waals surface area contributed by atoms with Crippen LogP contribution in [0.25, 0.3) is 11.3 Å². The van der Waals surface area contributed by atoms with Crippen LogP contribution in [-0.4, -0.2) is 96.4 Å². The topological polar surface area (TPSA) is 120 Å². The number of alkyl carbamates (subject to hydrolysis) is 1. The highest BCUT2D eigenvalue weighted by atomic mass is 35.5. The molecule has 1 amide bonds. The molecule has 0 aliphatic carbocycles. The first-order valence-electron chi connectivity index (χ1n) is 15.1. The van der Waals surface area contributed by atoms with Crippen molar-refractivity contribution in [3.05, 3.63) is 64.3 Å². The smallest absolute Gasteiger partial charge is 0.406 e. The maximum atomic E-state index is 11.5. The van der Waals surface area contributed by atoms with Crippen LogP contribution in [0.5, 0.6) is 11.6 Å². The number of aromatic nitrogens is 2. The average molecular weight is 658 g/mol. The number of carboxylic acid groups (broad SMARTS) is 1. The Bertz CT molecular complexity index is 1440. The lowest BCUT2D eigenvalue weighted by molar-refractivity contribution is -0.137. The molecule has 0 atom stereocenters. The van der Waals surface area contributed by atoms with Gasteiger partial charge in [-0.2, -0.15) is 0 Å². The molecule has 3 aromatic rings. The summed E-state index contributed by atoms with van der Waals surface area (Å²) >= 11 is 12.6. The van der Waals surface area contributed by atoms with Gasteiger partial charge in [0.05, 0.1) is 24.9 Å². The zero-order chi connectivity index (χ0) is 31.8. The zero-order valence-electron chi connectivity index (χ0n) is 25.3. The second kappa shape index (κ2) is 15.6. The Morgan fingerprint density at radius 1 is 0.978 bits per heavy atom. The number of hydrogen-bond acceptors (Lipinski definition) is 9. The van der Waals surface area contributed by atoms with Gasteiger partial charge in [-0.05, 0) is 73.8 Å². The highest BCUT2D eigenvalue weighted by Gasteiger charge is 2.22. The number of carbonyl (C=O) groups excluding carboxylic acids is 1. The van der Waals surface area contributed by atoms with E-state index in [0.29, 0.717) is 53.0 Å². The first-order chi connectivity index (χ1) is 21.7. The van der Waals surface area contributed by atoms with Gasteiger partial charge in [0.1, 0.15) is 11.6 Å². The van der Waals surface area contributed by atoms with Crippen molar-refractivity contribution in [2.24, 2.45) is 5.92 Å². The van der Waals surface area contributed by atoms with Gasteiger partial charge in [-0.15, -0.1) is 0 Å². The quantitative estimate of drug-likeness (QED) is 0.277. The molecule has 2 aromatic heterocycles. The summed E-state index contributed by atoms with van der Waals surface area (Å²) in [5, 5.41) is 12.5. The Hall–Kier alpha value is -3.64. The summed E-state index contributed by atoms with van der Waals surface area (Å²) in [5.74, 6) is 1.42. The van der Waals surface area contributed by atoms with Crippen LogP contribution in [0.3, 0.4) is 0 Å². The molecule has 2 aliphatic heterocycles. The van der Waals surface area contributed by atoms with Gasteiger partial charge in [0.25, 0.3) is 0 Å². The number of likely N-dealkylation sites (tertiary alicyclic amines) is 1. The molecular weight excluding hydrogens is 619 g/mol. The lowest BCUT2D eigenvalue weighted by Crippen LogP contribution is -2.47. The van der Waals surface area contributed by atoms with E-state index in [0.717, 1.165) is 69.1 Å². The Labute approximate surface area is 273 Å². The minimum atomic E-state index is -0.774. The average Bonchev–Trinajstić information content (AvgIpc) is 3.03. The van der Waals surface area contributed by atoms with Crippen LogP contribution in [0.4, 0.5) is 10.6 Å². The van der Waals surface area contributed by atoms with E-state index in [2.05, 4.69) is 25.0 Å². The molecule has 2 fully saturated rings. The van der Waals surface area contributed by atoms with Crippen molar-refractivity contribution in [2.75, 3.05) is 64.4 Å². The van der Waals surface area contributed by atoms with E-state index in [9.17, 15) is 9.59 Å². The predicted molar refractivity (Wildman–Crippen MR) is 173 cm³/mol. The van der Waals surface area contributed by atoms with Gasteiger partial charge in [-0.1, -0.05) is 23.2 Å². The molecule has 13 heteroatoms. The summed E-state index contributed by atoms with van der Waals surface area (Å²) in [6.45, 7) is 6.61. The molecule has 11 nitrogen and oxygen atoms in total. The number of piperazine rings is 1. The molecule has 4 heterocycles. The molecule has 5 rings (SSSR count). The number of nitrogens with zero attached hydrogens (tertiary/aromatic N) is 5. The van der Waals surface area contributed by atoms with Gasteiger partial charge in [-0.3, -0.25) is 14.6 Å². The minimum Gasteiger partial charge on any atom is -0.481 e. The Balaban J connectivity index is 1.26. The standard InChI is InChI=1S/C32H38Cl2N6O5/c1-35-32(43)44-21-22-4-7-39(8-5-22)20-23-14-28(24-16-25(33)18-26(34)17-24)37-30(15-23)45-27-2-3-29(36-19-27)40-12-10-38(11-13-40)9-6-31(41)42/h2-3,14-19,22H,4-13,20-21H2,1H3,(H,35,43)(H,41,42). The molecular formula is C32H38Cl2N6O5. The third-order valence-electron chi connectivity index (χ3n) is 8.07. The maximum Gasteiger partial charge on any atom is 0.406 e. The number of hydrogen-bond donors (Lipinski definition) is 2. The molecule has 1 aromatic carbocycles. The van der Waals surface area contributed by atoms with Crippen LogP contribution in [0.15, 0.2) is 48.7 Å². The molecule has 0 saturated carbocycles. The normalized spacial score (nSPS) is 16.4. The second-order valence-electron chi connectivity index (χ2n) is 11.4. The number of nitrogens with one attached hydrogen (secondary N) is 1. The number of halogens is 2. The van der Waals surface area contributed by atoms with Crippen LogP contribution in [0.2, 0.25) is 10.0 Å². The van der Waals surface area contributed by atoms with E-state index in [4.69, 9.17) is 42.8 Å². The summed E-state index contributed by atoms with van der Waals surface area (Å²) in [5.41, 5.74) is 2.53. The number of piperidine rings is 1. The molecule has 2 aliphatic rings. The SMILES string of the molecule is CNC(=O)OCC1CCN(Cc2cc(Oc3ccc(N4CCN(CCC(=O)O)CC4)nc3)nc(-c3cc(Cl)cc(Cl)c3)c2)CC1. The molecule has 240 valence electrons. The number of anilines is 1. The zero-order valence-corrected chi connectivity index (χ0v) is 26.8. The Morgan fingerprint density at radius 2 is 1.71 bits per heavy atom. The van der Waals surface area contributed by atoms with Gasteiger partial charge < -0.3 is 24.8 Å². The van der Waals surface area contributed by atoms with Gasteiger partial charge in [-0.25, -0.2) is 14.8 Å². The largest absolute Gasteiger partial charge is 0.481 e. The highest BCUT2D eigenvalue weighted by Crippen LogP contribution is 2.31. The van der Waals surface area contributed by atoms with Crippen LogP contribution >= 0.6 is 23.2 Å². The molecule has 0 unspecified atom stereocenters. The van der Waals surface area contributed by atoms with Gasteiger partial charge in [0.2, 0.25) is 5.88 Å². The number of pyridine rings is 2. The first kappa shape index (κ1) is 32.7. The number of carboxylic acids is 1. The number of benzene rings is 1. The molecule has 0 spiro atoms. The van der Waals surface area contributed by atoms with Crippen molar-refractivity contribution in [2.45, 2.75) is 25.8 Å². The van der Waals surface area contributed by atoms with E-state index in [-0.39, 0.29) is 6.42 Å². The second-order valence-corrected chi connectivity index (χ2v) is 12.2. The Morgan fingerprint density at radius 3 is 2.36 bits per heavy atom. The summed E-state index contributed by atoms with van der Waals surface area (Å²) in [4.78, 5) is 38.5. The molecule has 0 radical (unpaired) electrons. The van der Waals surface area contributed by atoms with Crippen LogP contribution in [0.1, 0.15) is 24.8 Å². The summed E-state index contributed by atoms with van der Waals surface area (Å²) in [7, 11) is 1.56. The van der Waals surface area contributed by atoms with Crippen LogP contribution < -0.4 is 15.0 Å². The van der Waals surface area contributed by atoms with E-state index in [1.165, 1.54) is 0 Å². The highest BCUT2D eigenvalue weighted by molar-refractivity contribution is 6.35. The van der Waals surface area contributed by atoms with Gasteiger partial charge >= 0.3 is 12.1 Å². The van der Waals surface area contributed by atoms with E-state index < -0.39 is 12.1 Å². The molecule has 0 bridgehead atoms. The number of rotatable bonds is 11. The summed E-state index contributed by atoms with van der Waals surface area (Å²) in [6, 6.07) is 13.2. The molecule has 45 heavy (non-hydrogen) atoms. The third-order valence-corrected chi connectivity index (χ3v) is 8.51. The lowest BCUT2D eigenvalue weighted by atomic mass is 9.97. The van der Waals surface area contributed by atoms with Gasteiger partial charge in [0.15, 0.2) is 0 Å². The van der Waals surface area contributed by atoms with E-state index in [1.54, 1.807) is 19.3 Å². The Kier molecular flexibility index (Phi) is 11.3. The number of aliphatic carboxylic acids is 1.